The minimum atomic E-state index is -4.35. The average Bonchev–Trinajstić information content (AvgIpc) is 3.43. The van der Waals surface area contributed by atoms with Crippen molar-refractivity contribution in [2.45, 2.75) is 392 Å². The van der Waals surface area contributed by atoms with Crippen LogP contribution < -0.4 is 5.32 Å². The van der Waals surface area contributed by atoms with Crippen molar-refractivity contribution < 1.29 is 32.9 Å². The van der Waals surface area contributed by atoms with Crippen LogP contribution in [0.2, 0.25) is 0 Å². The number of rotatable bonds is 68. The maximum absolute atomic E-state index is 13.1. The second-order valence-corrected chi connectivity index (χ2v) is 27.8. The average molecular weight is 1160 g/mol. The van der Waals surface area contributed by atoms with E-state index in [-0.39, 0.29) is 19.1 Å². The molecule has 0 aliphatic rings. The lowest BCUT2D eigenvalue weighted by Crippen LogP contribution is -2.45. The number of quaternary nitrogens is 1. The monoisotopic (exact) mass is 1160 g/mol. The molecule has 0 aliphatic carbocycles. The fraction of sp³-hybridized carbons (Fsp3) is 0.931. The van der Waals surface area contributed by atoms with Crippen molar-refractivity contribution in [2.75, 3.05) is 40.9 Å². The number of unbranched alkanes of at least 4 members (excludes halogenated alkanes) is 53. The van der Waals surface area contributed by atoms with Gasteiger partial charge in [-0.05, 0) is 44.9 Å². The Bertz CT molecular complexity index is 1370. The van der Waals surface area contributed by atoms with Gasteiger partial charge in [0.05, 0.1) is 39.9 Å². The van der Waals surface area contributed by atoms with Crippen molar-refractivity contribution in [3.63, 3.8) is 0 Å². The molecule has 0 rings (SSSR count). The molecule has 0 aromatic carbocycles. The molecule has 0 saturated carbocycles. The fourth-order valence-electron chi connectivity index (χ4n) is 11.3. The largest absolute Gasteiger partial charge is 0.472 e. The molecule has 8 nitrogen and oxygen atoms in total. The molecule has 1 amide bonds. The van der Waals surface area contributed by atoms with E-state index in [2.05, 4.69) is 31.3 Å². The Morgan fingerprint density at radius 3 is 0.951 bits per heavy atom. The maximum atomic E-state index is 13.1. The molecule has 0 bridgehead atoms. The molecule has 0 aromatic heterocycles. The summed E-state index contributed by atoms with van der Waals surface area (Å²) in [6.45, 7) is 4.88. The Labute approximate surface area is 506 Å². The van der Waals surface area contributed by atoms with Gasteiger partial charge < -0.3 is 19.8 Å². The van der Waals surface area contributed by atoms with Gasteiger partial charge in [0.2, 0.25) is 5.91 Å². The first kappa shape index (κ1) is 80.0. The molecule has 0 aromatic rings. The van der Waals surface area contributed by atoms with Gasteiger partial charge in [-0.15, -0.1) is 0 Å². The van der Waals surface area contributed by atoms with E-state index in [1.165, 1.54) is 327 Å². The first-order valence-corrected chi connectivity index (χ1v) is 37.7. The van der Waals surface area contributed by atoms with Crippen LogP contribution in [0.4, 0.5) is 0 Å². The summed E-state index contributed by atoms with van der Waals surface area (Å²) in [6, 6.07) is -0.845. The van der Waals surface area contributed by atoms with Gasteiger partial charge in [-0.3, -0.25) is 13.8 Å². The molecule has 0 heterocycles. The summed E-state index contributed by atoms with van der Waals surface area (Å²) in [5.74, 6) is -0.169. The number of allylic oxidation sites excluding steroid dienone is 3. The third kappa shape index (κ3) is 66.4. The molecule has 482 valence electrons. The van der Waals surface area contributed by atoms with Crippen molar-refractivity contribution in [3.05, 3.63) is 24.3 Å². The Morgan fingerprint density at radius 1 is 0.407 bits per heavy atom. The van der Waals surface area contributed by atoms with Crippen molar-refractivity contribution in [1.82, 2.24) is 5.32 Å². The smallest absolute Gasteiger partial charge is 0.387 e. The predicted octanol–water partition coefficient (Wildman–Crippen LogP) is 23.1. The van der Waals surface area contributed by atoms with Crippen molar-refractivity contribution in [1.29, 1.82) is 0 Å². The van der Waals surface area contributed by atoms with E-state index in [9.17, 15) is 19.4 Å². The van der Waals surface area contributed by atoms with Gasteiger partial charge in [-0.2, -0.15) is 0 Å². The Morgan fingerprint density at radius 2 is 0.667 bits per heavy atom. The molecule has 0 fully saturated rings. The number of likely N-dealkylation sites (N-methyl/N-ethyl adjacent to an activating group) is 1. The summed E-state index contributed by atoms with van der Waals surface area (Å²) in [4.78, 5) is 23.4. The van der Waals surface area contributed by atoms with E-state index in [1.807, 2.05) is 27.2 Å². The van der Waals surface area contributed by atoms with Gasteiger partial charge in [-0.25, -0.2) is 4.57 Å². The number of aliphatic hydroxyl groups excluding tert-OH is 1. The first-order chi connectivity index (χ1) is 39.5. The Kier molecular flexibility index (Phi) is 62.7. The highest BCUT2D eigenvalue weighted by atomic mass is 31.2. The highest BCUT2D eigenvalue weighted by Crippen LogP contribution is 2.43. The van der Waals surface area contributed by atoms with Gasteiger partial charge in [0, 0.05) is 6.42 Å². The molecule has 3 atom stereocenters. The Balaban J connectivity index is 3.96. The van der Waals surface area contributed by atoms with Crippen molar-refractivity contribution >= 4 is 13.7 Å². The Hall–Kier alpha value is -1.02. The number of hydrogen-bond donors (Lipinski definition) is 3. The van der Waals surface area contributed by atoms with E-state index < -0.39 is 20.0 Å². The summed E-state index contributed by atoms with van der Waals surface area (Å²) in [5.41, 5.74) is 0. The van der Waals surface area contributed by atoms with Crippen LogP contribution in [0.25, 0.3) is 0 Å². The molecular formula is C72H144N2O6P+. The zero-order valence-electron chi connectivity index (χ0n) is 55.3. The van der Waals surface area contributed by atoms with E-state index in [4.69, 9.17) is 9.05 Å². The number of hydrogen-bond acceptors (Lipinski definition) is 5. The number of aliphatic hydroxyl groups is 1. The summed E-state index contributed by atoms with van der Waals surface area (Å²) >= 11 is 0. The molecule has 0 aliphatic heterocycles. The highest BCUT2D eigenvalue weighted by molar-refractivity contribution is 7.47. The lowest BCUT2D eigenvalue weighted by atomic mass is 10.0. The third-order valence-electron chi connectivity index (χ3n) is 16.9. The van der Waals surface area contributed by atoms with Crippen LogP contribution in [-0.4, -0.2) is 73.4 Å². The maximum Gasteiger partial charge on any atom is 0.472 e. The molecule has 3 unspecified atom stereocenters. The molecule has 9 heteroatoms. The quantitative estimate of drug-likeness (QED) is 0.0243. The fourth-order valence-corrected chi connectivity index (χ4v) is 12.0. The van der Waals surface area contributed by atoms with Crippen LogP contribution in [0, 0.1) is 0 Å². The van der Waals surface area contributed by atoms with Crippen LogP contribution in [0.3, 0.4) is 0 Å². The van der Waals surface area contributed by atoms with Gasteiger partial charge in [0.25, 0.3) is 0 Å². The first-order valence-electron chi connectivity index (χ1n) is 36.2. The summed E-state index contributed by atoms with van der Waals surface area (Å²) in [7, 11) is 1.59. The van der Waals surface area contributed by atoms with E-state index in [0.717, 1.165) is 32.1 Å². The number of nitrogens with one attached hydrogen (secondary N) is 1. The van der Waals surface area contributed by atoms with Crippen LogP contribution in [0.15, 0.2) is 24.3 Å². The molecular weight excluding hydrogens is 1020 g/mol. The summed E-state index contributed by atoms with van der Waals surface area (Å²) in [6.07, 6.45) is 83.4. The molecule has 3 N–H and O–H groups in total. The van der Waals surface area contributed by atoms with Gasteiger partial charge in [-0.1, -0.05) is 353 Å². The lowest BCUT2D eigenvalue weighted by Gasteiger charge is -2.25. The topological polar surface area (TPSA) is 105 Å². The van der Waals surface area contributed by atoms with E-state index >= 15 is 0 Å². The predicted molar refractivity (Wildman–Crippen MR) is 355 cm³/mol. The zero-order chi connectivity index (χ0) is 59.1. The van der Waals surface area contributed by atoms with Crippen LogP contribution >= 0.6 is 7.82 Å². The highest BCUT2D eigenvalue weighted by Gasteiger charge is 2.28. The lowest BCUT2D eigenvalue weighted by molar-refractivity contribution is -0.870. The number of nitrogens with zero attached hydrogens (tertiary/aromatic N) is 1. The number of carbonyl (C=O) groups excluding carboxylic acids is 1. The SMILES string of the molecule is CCCCCCCCCCCCCCCCCC/C=C\CCCCCCCCCCCCCCCCCCCC(=O)NC(COP(=O)(O)OCC[N+](C)(C)C)C(O)/C=C/CCCCCCCCCCCCCCCCCCCCCC. The molecule has 81 heavy (non-hydrogen) atoms. The van der Waals surface area contributed by atoms with Gasteiger partial charge >= 0.3 is 7.82 Å². The molecule has 0 spiro atoms. The number of carbonyl (C=O) groups is 1. The minimum absolute atomic E-state index is 0.0643. The van der Waals surface area contributed by atoms with Gasteiger partial charge in [0.1, 0.15) is 13.2 Å². The molecule has 0 radical (unpaired) electrons. The summed E-state index contributed by atoms with van der Waals surface area (Å²) in [5, 5.41) is 14.0. The number of phosphoric acid groups is 1. The number of amides is 1. The van der Waals surface area contributed by atoms with E-state index in [1.54, 1.807) is 6.08 Å². The zero-order valence-corrected chi connectivity index (χ0v) is 56.2. The van der Waals surface area contributed by atoms with E-state index in [0.29, 0.717) is 17.4 Å². The van der Waals surface area contributed by atoms with Crippen molar-refractivity contribution in [3.8, 4) is 0 Å². The van der Waals surface area contributed by atoms with Crippen LogP contribution in [0.5, 0.6) is 0 Å². The van der Waals surface area contributed by atoms with Crippen LogP contribution in [0.1, 0.15) is 380 Å². The second kappa shape index (κ2) is 63.5. The van der Waals surface area contributed by atoms with Crippen LogP contribution in [-0.2, 0) is 18.4 Å². The normalized spacial score (nSPS) is 13.7. The summed E-state index contributed by atoms with van der Waals surface area (Å²) < 4.78 is 23.8. The third-order valence-corrected chi connectivity index (χ3v) is 17.9. The minimum Gasteiger partial charge on any atom is -0.387 e. The standard InChI is InChI=1S/C72H143N2O6P/c1-6-8-10-12-14-16-18-20-22-24-26-28-30-31-32-33-34-35-36-37-38-39-40-41-42-43-44-46-48-50-52-54-56-58-60-62-64-66-72(76)73-70(69-80-81(77,78)79-68-67-74(3,4)5)71(75)65-63-61-59-57-55-53-51-49-47-45-29-27-25-23-21-19-17-15-13-11-9-7-2/h35-36,63,65,70-71,75H,6-34,37-62,64,66-69H2,1-5H3,(H-,73,76,77,78)/p+1/b36-35-,65-63+. The van der Waals surface area contributed by atoms with Gasteiger partial charge in [0.15, 0.2) is 0 Å². The number of phosphoric ester groups is 1. The molecule has 0 saturated heterocycles. The van der Waals surface area contributed by atoms with Crippen molar-refractivity contribution in [2.24, 2.45) is 0 Å². The second-order valence-electron chi connectivity index (χ2n) is 26.3.